The molecule has 2 aromatic rings. The molecule has 1 heterocycles. The van der Waals surface area contributed by atoms with E-state index in [1.165, 1.54) is 4.80 Å². The summed E-state index contributed by atoms with van der Waals surface area (Å²) in [6.07, 6.45) is 0. The molecule has 0 fully saturated rings. The molecule has 0 atom stereocenters. The fourth-order valence-corrected chi connectivity index (χ4v) is 2.37. The van der Waals surface area contributed by atoms with Gasteiger partial charge in [-0.05, 0) is 44.0 Å². The molecule has 0 saturated heterocycles. The number of benzene rings is 1. The molecular formula is C15H20N4O3. The Morgan fingerprint density at radius 3 is 2.36 bits per heavy atom. The Morgan fingerprint density at radius 1 is 1.23 bits per heavy atom. The third-order valence-corrected chi connectivity index (χ3v) is 3.29. The number of likely N-dealkylation sites (N-methyl/N-ethyl adjacent to an activating group) is 1. The standard InChI is InChI=1S/C15H20N4O3/c1-4-18(5-6-20)14-13(15(21)22)16-19(17-14)12-8-10(2)7-11(3)9-12/h7-9,20H,4-6H2,1-3H3,(H,21,22). The van der Waals surface area contributed by atoms with Gasteiger partial charge in [0.2, 0.25) is 5.69 Å². The van der Waals surface area contributed by atoms with Crippen molar-refractivity contribution in [1.29, 1.82) is 0 Å². The number of anilines is 1. The second-order valence-corrected chi connectivity index (χ2v) is 5.12. The number of hydrogen-bond acceptors (Lipinski definition) is 5. The molecule has 7 nitrogen and oxygen atoms in total. The summed E-state index contributed by atoms with van der Waals surface area (Å²) in [7, 11) is 0. The topological polar surface area (TPSA) is 91.5 Å². The van der Waals surface area contributed by atoms with Gasteiger partial charge in [-0.2, -0.15) is 0 Å². The molecule has 2 rings (SSSR count). The molecule has 0 radical (unpaired) electrons. The third-order valence-electron chi connectivity index (χ3n) is 3.29. The van der Waals surface area contributed by atoms with Crippen LogP contribution in [0.4, 0.5) is 5.82 Å². The molecule has 7 heteroatoms. The second-order valence-electron chi connectivity index (χ2n) is 5.12. The van der Waals surface area contributed by atoms with Crippen molar-refractivity contribution in [2.24, 2.45) is 0 Å². The zero-order valence-corrected chi connectivity index (χ0v) is 12.9. The summed E-state index contributed by atoms with van der Waals surface area (Å²) in [4.78, 5) is 14.4. The Kier molecular flexibility index (Phi) is 4.77. The van der Waals surface area contributed by atoms with Crippen LogP contribution in [0.15, 0.2) is 18.2 Å². The summed E-state index contributed by atoms with van der Waals surface area (Å²) in [5.41, 5.74) is 2.70. The highest BCUT2D eigenvalue weighted by molar-refractivity contribution is 5.91. The lowest BCUT2D eigenvalue weighted by atomic mass is 10.1. The fourth-order valence-electron chi connectivity index (χ4n) is 2.37. The normalized spacial score (nSPS) is 10.7. The first-order chi connectivity index (χ1) is 10.5. The molecule has 0 unspecified atom stereocenters. The maximum atomic E-state index is 11.4. The Labute approximate surface area is 128 Å². The van der Waals surface area contributed by atoms with Crippen LogP contribution in [-0.4, -0.2) is 50.9 Å². The van der Waals surface area contributed by atoms with Gasteiger partial charge >= 0.3 is 5.97 Å². The van der Waals surface area contributed by atoms with Crippen molar-refractivity contribution in [3.8, 4) is 5.69 Å². The summed E-state index contributed by atoms with van der Waals surface area (Å²) in [5, 5.41) is 26.9. The smallest absolute Gasteiger partial charge is 0.360 e. The first kappa shape index (κ1) is 16.0. The van der Waals surface area contributed by atoms with E-state index < -0.39 is 5.97 Å². The Bertz CT molecular complexity index is 661. The molecule has 0 aliphatic rings. The van der Waals surface area contributed by atoms with Crippen LogP contribution in [0.3, 0.4) is 0 Å². The second kappa shape index (κ2) is 6.57. The maximum absolute atomic E-state index is 11.4. The van der Waals surface area contributed by atoms with E-state index in [4.69, 9.17) is 5.11 Å². The number of carboxylic acid groups (broad SMARTS) is 1. The van der Waals surface area contributed by atoms with Crippen LogP contribution in [0, 0.1) is 13.8 Å². The van der Waals surface area contributed by atoms with E-state index in [0.717, 1.165) is 11.1 Å². The van der Waals surface area contributed by atoms with Crippen LogP contribution in [0.2, 0.25) is 0 Å². The summed E-state index contributed by atoms with van der Waals surface area (Å²) in [6, 6.07) is 5.81. The predicted molar refractivity (Wildman–Crippen MR) is 82.8 cm³/mol. The zero-order valence-electron chi connectivity index (χ0n) is 12.9. The molecule has 0 amide bonds. The molecule has 1 aromatic heterocycles. The third kappa shape index (κ3) is 3.25. The molecule has 1 aromatic carbocycles. The maximum Gasteiger partial charge on any atom is 0.360 e. The van der Waals surface area contributed by atoms with E-state index >= 15 is 0 Å². The molecule has 22 heavy (non-hydrogen) atoms. The molecule has 0 bridgehead atoms. The number of carbonyl (C=O) groups is 1. The van der Waals surface area contributed by atoms with E-state index in [-0.39, 0.29) is 18.1 Å². The van der Waals surface area contributed by atoms with Crippen molar-refractivity contribution in [1.82, 2.24) is 15.0 Å². The molecule has 0 saturated carbocycles. The molecule has 0 spiro atoms. The highest BCUT2D eigenvalue weighted by Gasteiger charge is 2.22. The number of nitrogens with zero attached hydrogens (tertiary/aromatic N) is 4. The summed E-state index contributed by atoms with van der Waals surface area (Å²) in [5.74, 6) is -0.870. The molecule has 2 N–H and O–H groups in total. The largest absolute Gasteiger partial charge is 0.476 e. The average Bonchev–Trinajstić information content (AvgIpc) is 2.89. The number of aromatic nitrogens is 3. The summed E-state index contributed by atoms with van der Waals surface area (Å²) >= 11 is 0. The van der Waals surface area contributed by atoms with Gasteiger partial charge in [0.15, 0.2) is 5.82 Å². The SMILES string of the molecule is CCN(CCO)c1nn(-c2cc(C)cc(C)c2)nc1C(=O)O. The molecule has 0 aliphatic carbocycles. The lowest BCUT2D eigenvalue weighted by Crippen LogP contribution is -2.28. The van der Waals surface area contributed by atoms with Gasteiger partial charge < -0.3 is 15.1 Å². The van der Waals surface area contributed by atoms with Gasteiger partial charge in [0.1, 0.15) is 0 Å². The van der Waals surface area contributed by atoms with Crippen molar-refractivity contribution in [3.05, 3.63) is 35.0 Å². The van der Waals surface area contributed by atoms with Crippen molar-refractivity contribution in [2.45, 2.75) is 20.8 Å². The van der Waals surface area contributed by atoms with Crippen LogP contribution < -0.4 is 4.90 Å². The lowest BCUT2D eigenvalue weighted by Gasteiger charge is -2.18. The van der Waals surface area contributed by atoms with Crippen molar-refractivity contribution >= 4 is 11.8 Å². The van der Waals surface area contributed by atoms with Gasteiger partial charge in [-0.15, -0.1) is 15.0 Å². The predicted octanol–water partition coefficient (Wildman–Crippen LogP) is 1.40. The lowest BCUT2D eigenvalue weighted by molar-refractivity contribution is 0.0690. The summed E-state index contributed by atoms with van der Waals surface area (Å²) < 4.78 is 0. The Morgan fingerprint density at radius 2 is 1.86 bits per heavy atom. The van der Waals surface area contributed by atoms with Gasteiger partial charge in [0.05, 0.1) is 12.3 Å². The number of rotatable bonds is 6. The van der Waals surface area contributed by atoms with Crippen LogP contribution in [-0.2, 0) is 0 Å². The Balaban J connectivity index is 2.52. The van der Waals surface area contributed by atoms with Crippen LogP contribution in [0.25, 0.3) is 5.69 Å². The van der Waals surface area contributed by atoms with Crippen LogP contribution in [0.5, 0.6) is 0 Å². The number of aromatic carboxylic acids is 1. The molecular weight excluding hydrogens is 284 g/mol. The van der Waals surface area contributed by atoms with Crippen LogP contribution in [0.1, 0.15) is 28.5 Å². The quantitative estimate of drug-likeness (QED) is 0.838. The van der Waals surface area contributed by atoms with Gasteiger partial charge in [-0.25, -0.2) is 4.79 Å². The minimum absolute atomic E-state index is 0.0800. The van der Waals surface area contributed by atoms with E-state index in [0.29, 0.717) is 18.8 Å². The van der Waals surface area contributed by atoms with E-state index in [1.807, 2.05) is 39.0 Å². The van der Waals surface area contributed by atoms with E-state index in [2.05, 4.69) is 10.2 Å². The number of aliphatic hydroxyl groups is 1. The number of aryl methyl sites for hydroxylation is 2. The van der Waals surface area contributed by atoms with Gasteiger partial charge in [0, 0.05) is 13.1 Å². The molecule has 118 valence electrons. The van der Waals surface area contributed by atoms with Crippen molar-refractivity contribution in [3.63, 3.8) is 0 Å². The minimum Gasteiger partial charge on any atom is -0.476 e. The minimum atomic E-state index is -1.14. The van der Waals surface area contributed by atoms with Crippen LogP contribution >= 0.6 is 0 Å². The fraction of sp³-hybridized carbons (Fsp3) is 0.400. The monoisotopic (exact) mass is 304 g/mol. The summed E-state index contributed by atoms with van der Waals surface area (Å²) in [6.45, 7) is 6.56. The van der Waals surface area contributed by atoms with Crippen molar-refractivity contribution in [2.75, 3.05) is 24.6 Å². The Hall–Kier alpha value is -2.41. The number of carboxylic acids is 1. The zero-order chi connectivity index (χ0) is 16.3. The highest BCUT2D eigenvalue weighted by Crippen LogP contribution is 2.19. The average molecular weight is 304 g/mol. The van der Waals surface area contributed by atoms with Gasteiger partial charge in [-0.3, -0.25) is 0 Å². The van der Waals surface area contributed by atoms with Gasteiger partial charge in [-0.1, -0.05) is 6.07 Å². The van der Waals surface area contributed by atoms with E-state index in [1.54, 1.807) is 4.90 Å². The van der Waals surface area contributed by atoms with E-state index in [9.17, 15) is 9.90 Å². The number of hydrogen-bond donors (Lipinski definition) is 2. The first-order valence-electron chi connectivity index (χ1n) is 7.11. The molecule has 0 aliphatic heterocycles. The highest BCUT2D eigenvalue weighted by atomic mass is 16.4. The first-order valence-corrected chi connectivity index (χ1v) is 7.11. The van der Waals surface area contributed by atoms with Gasteiger partial charge in [0.25, 0.3) is 0 Å². The van der Waals surface area contributed by atoms with Crippen molar-refractivity contribution < 1.29 is 15.0 Å². The number of aliphatic hydroxyl groups excluding tert-OH is 1.